The van der Waals surface area contributed by atoms with Gasteiger partial charge in [-0.25, -0.2) is 14.5 Å². The second-order valence-corrected chi connectivity index (χ2v) is 10.2. The van der Waals surface area contributed by atoms with Gasteiger partial charge in [-0.15, -0.1) is 10.2 Å². The highest BCUT2D eigenvalue weighted by Crippen LogP contribution is 2.37. The number of hydrogen-bond donors (Lipinski definition) is 2. The molecule has 3 rings (SSSR count). The van der Waals surface area contributed by atoms with Crippen molar-refractivity contribution in [3.8, 4) is 23.4 Å². The van der Waals surface area contributed by atoms with E-state index in [1.54, 1.807) is 26.8 Å². The number of halogens is 2. The van der Waals surface area contributed by atoms with Gasteiger partial charge in [-0.05, 0) is 18.1 Å². The number of nitriles is 1. The van der Waals surface area contributed by atoms with E-state index in [-0.39, 0.29) is 38.8 Å². The molecule has 0 bridgehead atoms. The van der Waals surface area contributed by atoms with E-state index in [2.05, 4.69) is 15.3 Å². The Bertz CT molecular complexity index is 1520. The van der Waals surface area contributed by atoms with Crippen LogP contribution < -0.4 is 21.5 Å². The standard InChI is InChI=1S/C23H24Cl2N6O6/c1-11(2)13-8-17(27-28-19(13)32)37-18-14(24)6-12(7-15(18)25)31-22(35)30(20(33)16(9-26)29-31)10-36-21(34)23(3,4)5/h6-8,11,21,34H,10H2,1-5H3,(H,28,32). The zero-order chi connectivity index (χ0) is 27.7. The lowest BCUT2D eigenvalue weighted by Gasteiger charge is -2.25. The highest BCUT2D eigenvalue weighted by molar-refractivity contribution is 6.37. The number of aromatic nitrogens is 5. The van der Waals surface area contributed by atoms with Gasteiger partial charge >= 0.3 is 5.69 Å². The van der Waals surface area contributed by atoms with E-state index in [1.807, 2.05) is 13.8 Å². The fourth-order valence-corrected chi connectivity index (χ4v) is 3.57. The third kappa shape index (κ3) is 6.08. The molecule has 1 unspecified atom stereocenters. The van der Waals surface area contributed by atoms with Crippen LogP contribution in [0.15, 0.2) is 32.6 Å². The monoisotopic (exact) mass is 550 g/mol. The molecule has 0 radical (unpaired) electrons. The van der Waals surface area contributed by atoms with Crippen molar-refractivity contribution < 1.29 is 14.6 Å². The molecule has 0 aliphatic rings. The second-order valence-electron chi connectivity index (χ2n) is 9.39. The first kappa shape index (κ1) is 28.1. The zero-order valence-corrected chi connectivity index (χ0v) is 22.1. The highest BCUT2D eigenvalue weighted by Gasteiger charge is 2.24. The van der Waals surface area contributed by atoms with E-state index < -0.39 is 35.4 Å². The van der Waals surface area contributed by atoms with Crippen LogP contribution in [0, 0.1) is 16.7 Å². The molecule has 1 aromatic carbocycles. The van der Waals surface area contributed by atoms with Crippen LogP contribution in [0.1, 0.15) is 51.8 Å². The molecule has 0 amide bonds. The Morgan fingerprint density at radius 2 is 1.78 bits per heavy atom. The van der Waals surface area contributed by atoms with Crippen LogP contribution in [0.4, 0.5) is 0 Å². The SMILES string of the molecule is CC(C)c1cc(Oc2c(Cl)cc(-n3nc(C#N)c(=O)n(COC(O)C(C)(C)C)c3=O)cc2Cl)n[nH]c1=O. The summed E-state index contributed by atoms with van der Waals surface area (Å²) in [6.07, 6.45) is -1.30. The van der Waals surface area contributed by atoms with Gasteiger partial charge in [-0.1, -0.05) is 57.8 Å². The first-order valence-corrected chi connectivity index (χ1v) is 11.7. The zero-order valence-electron chi connectivity index (χ0n) is 20.6. The number of aromatic amines is 1. The Kier molecular flexibility index (Phi) is 8.24. The smallest absolute Gasteiger partial charge is 0.354 e. The van der Waals surface area contributed by atoms with Crippen LogP contribution in [0.3, 0.4) is 0 Å². The van der Waals surface area contributed by atoms with Crippen molar-refractivity contribution in [2.75, 3.05) is 0 Å². The molecule has 2 heterocycles. The van der Waals surface area contributed by atoms with E-state index in [0.29, 0.717) is 10.1 Å². The molecule has 14 heteroatoms. The van der Waals surface area contributed by atoms with Crippen molar-refractivity contribution in [3.63, 3.8) is 0 Å². The topological polar surface area (TPSA) is 165 Å². The van der Waals surface area contributed by atoms with Crippen molar-refractivity contribution in [1.82, 2.24) is 24.5 Å². The van der Waals surface area contributed by atoms with Crippen molar-refractivity contribution in [2.45, 2.75) is 53.6 Å². The first-order chi connectivity index (χ1) is 17.2. The Morgan fingerprint density at radius 3 is 2.32 bits per heavy atom. The fourth-order valence-electron chi connectivity index (χ4n) is 3.02. The molecule has 0 fully saturated rings. The number of benzene rings is 1. The van der Waals surface area contributed by atoms with Crippen LogP contribution in [0.2, 0.25) is 10.0 Å². The molecule has 1 atom stereocenters. The maximum atomic E-state index is 13.1. The summed E-state index contributed by atoms with van der Waals surface area (Å²) in [7, 11) is 0. The minimum absolute atomic E-state index is 0.0140. The van der Waals surface area contributed by atoms with Crippen molar-refractivity contribution in [3.05, 3.63) is 70.7 Å². The maximum Gasteiger partial charge on any atom is 0.354 e. The molecule has 2 N–H and O–H groups in total. The largest absolute Gasteiger partial charge is 0.434 e. The molecule has 0 aliphatic heterocycles. The molecule has 3 aromatic rings. The van der Waals surface area contributed by atoms with Gasteiger partial charge in [0.15, 0.2) is 12.0 Å². The third-order valence-corrected chi connectivity index (χ3v) is 5.69. The van der Waals surface area contributed by atoms with E-state index in [0.717, 1.165) is 4.68 Å². The van der Waals surface area contributed by atoms with Crippen LogP contribution in [0.25, 0.3) is 5.69 Å². The van der Waals surface area contributed by atoms with Gasteiger partial charge < -0.3 is 14.6 Å². The minimum Gasteiger partial charge on any atom is -0.434 e. The van der Waals surface area contributed by atoms with E-state index in [4.69, 9.17) is 32.7 Å². The summed E-state index contributed by atoms with van der Waals surface area (Å²) >= 11 is 12.7. The molecule has 0 spiro atoms. The lowest BCUT2D eigenvalue weighted by Crippen LogP contribution is -2.44. The number of aliphatic hydroxyl groups excluding tert-OH is 1. The van der Waals surface area contributed by atoms with E-state index in [1.165, 1.54) is 18.2 Å². The average molecular weight is 551 g/mol. The number of hydrogen-bond acceptors (Lipinski definition) is 9. The maximum absolute atomic E-state index is 13.1. The molecule has 37 heavy (non-hydrogen) atoms. The predicted molar refractivity (Wildman–Crippen MR) is 134 cm³/mol. The normalized spacial score (nSPS) is 12.4. The summed E-state index contributed by atoms with van der Waals surface area (Å²) in [6, 6.07) is 5.66. The van der Waals surface area contributed by atoms with Gasteiger partial charge in [0, 0.05) is 17.0 Å². The summed E-state index contributed by atoms with van der Waals surface area (Å²) in [5, 5.41) is 29.4. The number of nitrogens with one attached hydrogen (secondary N) is 1. The Morgan fingerprint density at radius 1 is 1.16 bits per heavy atom. The second kappa shape index (κ2) is 10.9. The predicted octanol–water partition coefficient (Wildman–Crippen LogP) is 2.91. The first-order valence-electron chi connectivity index (χ1n) is 11.0. The van der Waals surface area contributed by atoms with Crippen LogP contribution >= 0.6 is 23.2 Å². The highest BCUT2D eigenvalue weighted by atomic mass is 35.5. The third-order valence-electron chi connectivity index (χ3n) is 5.13. The molecule has 196 valence electrons. The van der Waals surface area contributed by atoms with Crippen LogP contribution in [-0.2, 0) is 11.5 Å². The van der Waals surface area contributed by atoms with E-state index in [9.17, 15) is 24.8 Å². The van der Waals surface area contributed by atoms with Gasteiger partial charge in [0.1, 0.15) is 12.8 Å². The van der Waals surface area contributed by atoms with Gasteiger partial charge in [0.25, 0.3) is 11.1 Å². The Balaban J connectivity index is 2.04. The van der Waals surface area contributed by atoms with Crippen molar-refractivity contribution >= 4 is 23.2 Å². The molecule has 12 nitrogen and oxygen atoms in total. The lowest BCUT2D eigenvalue weighted by atomic mass is 9.96. The molecule has 0 saturated carbocycles. The number of ether oxygens (including phenoxy) is 2. The molecule has 0 saturated heterocycles. The van der Waals surface area contributed by atoms with E-state index >= 15 is 0 Å². The number of rotatable bonds is 7. The van der Waals surface area contributed by atoms with Gasteiger partial charge in [-0.2, -0.15) is 9.94 Å². The minimum atomic E-state index is -1.30. The number of nitrogens with zero attached hydrogens (tertiary/aromatic N) is 5. The Hall–Kier alpha value is -3.50. The number of H-pyrrole nitrogens is 1. The summed E-state index contributed by atoms with van der Waals surface area (Å²) in [5.41, 5.74) is -3.15. The summed E-state index contributed by atoms with van der Waals surface area (Å²) in [5.74, 6) is -0.0799. The van der Waals surface area contributed by atoms with Gasteiger partial charge in [0.05, 0.1) is 15.7 Å². The summed E-state index contributed by atoms with van der Waals surface area (Å²) in [4.78, 5) is 37.6. The molecule has 2 aromatic heterocycles. The van der Waals surface area contributed by atoms with Crippen molar-refractivity contribution in [2.24, 2.45) is 5.41 Å². The molecular formula is C23H24Cl2N6O6. The summed E-state index contributed by atoms with van der Waals surface area (Å²) in [6.45, 7) is 8.13. The molecule has 0 aliphatic carbocycles. The quantitative estimate of drug-likeness (QED) is 0.420. The van der Waals surface area contributed by atoms with Crippen molar-refractivity contribution in [1.29, 1.82) is 5.26 Å². The Labute approximate surface area is 220 Å². The fraction of sp³-hybridized carbons (Fsp3) is 0.391. The number of aliphatic hydroxyl groups is 1. The summed E-state index contributed by atoms with van der Waals surface area (Å²) < 4.78 is 12.3. The van der Waals surface area contributed by atoms with Gasteiger partial charge in [0.2, 0.25) is 11.6 Å². The van der Waals surface area contributed by atoms with Crippen LogP contribution in [-0.4, -0.2) is 35.9 Å². The van der Waals surface area contributed by atoms with Gasteiger partial charge in [-0.3, -0.25) is 9.59 Å². The lowest BCUT2D eigenvalue weighted by molar-refractivity contribution is -0.180. The molecular weight excluding hydrogens is 527 g/mol. The van der Waals surface area contributed by atoms with Crippen LogP contribution in [0.5, 0.6) is 11.6 Å². The average Bonchev–Trinajstić information content (AvgIpc) is 2.81.